The van der Waals surface area contributed by atoms with Crippen molar-refractivity contribution in [2.45, 2.75) is 6.92 Å². The molecule has 0 atom stereocenters. The normalized spacial score (nSPS) is 10.1. The van der Waals surface area contributed by atoms with E-state index in [4.69, 9.17) is 6.57 Å². The van der Waals surface area contributed by atoms with Gasteiger partial charge in [-0.15, -0.1) is 0 Å². The molecule has 0 aromatic carbocycles. The molecule has 7 heavy (non-hydrogen) atoms. The quantitative estimate of drug-likeness (QED) is 0.207. The van der Waals surface area contributed by atoms with Crippen LogP contribution in [0.3, 0.4) is 0 Å². The van der Waals surface area contributed by atoms with Crippen LogP contribution in [0.5, 0.6) is 0 Å². The standard InChI is InChI=1S/C4H6N2O/c1-4(5-2)6-7-3/h1,3H3. The fraction of sp³-hybridized carbons (Fsp3) is 0.500. The molecule has 0 aromatic rings. The molecule has 0 spiro atoms. The summed E-state index contributed by atoms with van der Waals surface area (Å²) in [5.74, 6) is 0.322. The van der Waals surface area contributed by atoms with Gasteiger partial charge in [0.05, 0.1) is 5.16 Å². The summed E-state index contributed by atoms with van der Waals surface area (Å²) in [5.41, 5.74) is 0. The van der Waals surface area contributed by atoms with Gasteiger partial charge >= 0.3 is 0 Å². The van der Waals surface area contributed by atoms with Crippen LogP contribution in [0.15, 0.2) is 5.16 Å². The third kappa shape index (κ3) is 2.77. The van der Waals surface area contributed by atoms with Gasteiger partial charge in [0.15, 0.2) is 0 Å². The topological polar surface area (TPSA) is 25.9 Å². The van der Waals surface area contributed by atoms with Crippen molar-refractivity contribution >= 4 is 5.84 Å². The Labute approximate surface area is 42.4 Å². The van der Waals surface area contributed by atoms with Gasteiger partial charge in [-0.3, -0.25) is 0 Å². The minimum Gasteiger partial charge on any atom is -0.361 e. The third-order valence-electron chi connectivity index (χ3n) is 0.385. The molecule has 0 aliphatic rings. The van der Waals surface area contributed by atoms with E-state index in [0.29, 0.717) is 5.84 Å². The van der Waals surface area contributed by atoms with Gasteiger partial charge in [0, 0.05) is 0 Å². The predicted molar refractivity (Wildman–Crippen MR) is 26.7 cm³/mol. The van der Waals surface area contributed by atoms with Crippen molar-refractivity contribution in [1.29, 1.82) is 0 Å². The fourth-order valence-corrected chi connectivity index (χ4v) is 0.153. The lowest BCUT2D eigenvalue weighted by Gasteiger charge is -1.77. The van der Waals surface area contributed by atoms with Gasteiger partial charge < -0.3 is 9.68 Å². The highest BCUT2D eigenvalue weighted by atomic mass is 16.6. The molecule has 38 valence electrons. The van der Waals surface area contributed by atoms with Crippen LogP contribution >= 0.6 is 0 Å². The summed E-state index contributed by atoms with van der Waals surface area (Å²) in [5, 5.41) is 3.31. The molecule has 0 N–H and O–H groups in total. The van der Waals surface area contributed by atoms with Crippen LogP contribution in [-0.4, -0.2) is 12.9 Å². The molecule has 0 fully saturated rings. The van der Waals surface area contributed by atoms with E-state index in [1.165, 1.54) is 7.11 Å². The van der Waals surface area contributed by atoms with Gasteiger partial charge in [-0.1, -0.05) is 6.57 Å². The number of amidine groups is 1. The Morgan fingerprint density at radius 1 is 1.86 bits per heavy atom. The van der Waals surface area contributed by atoms with Crippen LogP contribution < -0.4 is 0 Å². The van der Waals surface area contributed by atoms with Crippen molar-refractivity contribution in [2.75, 3.05) is 7.11 Å². The minimum absolute atomic E-state index is 0.322. The molecular weight excluding hydrogens is 92.1 g/mol. The van der Waals surface area contributed by atoms with Crippen molar-refractivity contribution in [3.63, 3.8) is 0 Å². The zero-order chi connectivity index (χ0) is 5.70. The van der Waals surface area contributed by atoms with E-state index in [-0.39, 0.29) is 0 Å². The molecule has 0 bridgehead atoms. The lowest BCUT2D eigenvalue weighted by atomic mass is 10.7. The lowest BCUT2D eigenvalue weighted by Crippen LogP contribution is -1.79. The molecule has 0 amide bonds. The lowest BCUT2D eigenvalue weighted by molar-refractivity contribution is 0.213. The summed E-state index contributed by atoms with van der Waals surface area (Å²) in [6, 6.07) is 0. The van der Waals surface area contributed by atoms with Crippen LogP contribution in [0.25, 0.3) is 4.85 Å². The van der Waals surface area contributed by atoms with E-state index in [0.717, 1.165) is 0 Å². The monoisotopic (exact) mass is 98.0 g/mol. The van der Waals surface area contributed by atoms with Crippen LogP contribution in [0.4, 0.5) is 0 Å². The number of hydrogen-bond donors (Lipinski definition) is 0. The number of nitrogens with zero attached hydrogens (tertiary/aromatic N) is 2. The second-order valence-corrected chi connectivity index (χ2v) is 0.933. The summed E-state index contributed by atoms with van der Waals surface area (Å²) in [7, 11) is 1.41. The summed E-state index contributed by atoms with van der Waals surface area (Å²) in [6.45, 7) is 7.91. The van der Waals surface area contributed by atoms with Crippen LogP contribution in [0.1, 0.15) is 6.92 Å². The van der Waals surface area contributed by atoms with E-state index in [2.05, 4.69) is 14.8 Å². The first-order valence-electron chi connectivity index (χ1n) is 1.76. The van der Waals surface area contributed by atoms with Crippen LogP contribution in [0.2, 0.25) is 0 Å². The van der Waals surface area contributed by atoms with Crippen molar-refractivity contribution in [2.24, 2.45) is 5.16 Å². The van der Waals surface area contributed by atoms with E-state index >= 15 is 0 Å². The Hall–Kier alpha value is -1.04. The van der Waals surface area contributed by atoms with Crippen molar-refractivity contribution < 1.29 is 4.84 Å². The largest absolute Gasteiger partial charge is 0.361 e. The molecule has 0 aliphatic heterocycles. The first-order chi connectivity index (χ1) is 3.31. The average molecular weight is 98.1 g/mol. The second-order valence-electron chi connectivity index (χ2n) is 0.933. The van der Waals surface area contributed by atoms with Gasteiger partial charge in [0.2, 0.25) is 0 Å². The van der Waals surface area contributed by atoms with Gasteiger partial charge in [-0.25, -0.2) is 0 Å². The maximum atomic E-state index is 6.33. The Balaban J connectivity index is 3.57. The van der Waals surface area contributed by atoms with E-state index in [9.17, 15) is 0 Å². The van der Waals surface area contributed by atoms with E-state index in [1.54, 1.807) is 6.92 Å². The fourth-order valence-electron chi connectivity index (χ4n) is 0.153. The smallest absolute Gasteiger partial charge is 0.288 e. The number of hydrogen-bond acceptors (Lipinski definition) is 2. The second kappa shape index (κ2) is 3.16. The molecule has 0 heterocycles. The van der Waals surface area contributed by atoms with E-state index in [1.807, 2.05) is 0 Å². The van der Waals surface area contributed by atoms with Crippen molar-refractivity contribution in [3.05, 3.63) is 11.4 Å². The number of oxime groups is 1. The van der Waals surface area contributed by atoms with Crippen molar-refractivity contribution in [1.82, 2.24) is 0 Å². The Kier molecular flexibility index (Phi) is 2.69. The maximum absolute atomic E-state index is 6.33. The van der Waals surface area contributed by atoms with Gasteiger partial charge in [0.1, 0.15) is 7.11 Å². The molecule has 0 saturated heterocycles. The molecular formula is C4H6N2O. The zero-order valence-corrected chi connectivity index (χ0v) is 4.30. The molecule has 0 radical (unpaired) electrons. The molecule has 0 rings (SSSR count). The highest BCUT2D eigenvalue weighted by Gasteiger charge is 1.81. The first-order valence-corrected chi connectivity index (χ1v) is 1.76. The molecule has 0 aliphatic carbocycles. The van der Waals surface area contributed by atoms with Crippen LogP contribution in [0, 0.1) is 6.57 Å². The highest BCUT2D eigenvalue weighted by Crippen LogP contribution is 1.76. The first kappa shape index (κ1) is 5.96. The minimum atomic E-state index is 0.322. The molecule has 3 heteroatoms. The van der Waals surface area contributed by atoms with Gasteiger partial charge in [0.25, 0.3) is 5.84 Å². The highest BCUT2D eigenvalue weighted by molar-refractivity contribution is 5.88. The van der Waals surface area contributed by atoms with Crippen LogP contribution in [-0.2, 0) is 4.84 Å². The summed E-state index contributed by atoms with van der Waals surface area (Å²) < 4.78 is 0. The zero-order valence-electron chi connectivity index (χ0n) is 4.30. The van der Waals surface area contributed by atoms with Gasteiger partial charge in [-0.2, -0.15) is 0 Å². The SMILES string of the molecule is [C-]#[N+]C(C)=NOC. The Morgan fingerprint density at radius 2 is 2.43 bits per heavy atom. The van der Waals surface area contributed by atoms with E-state index < -0.39 is 0 Å². The average Bonchev–Trinajstić information content (AvgIpc) is 1.68. The Bertz CT molecular complexity index is 111. The summed E-state index contributed by atoms with van der Waals surface area (Å²) >= 11 is 0. The number of rotatable bonds is 1. The summed E-state index contributed by atoms with van der Waals surface area (Å²) in [4.78, 5) is 7.22. The summed E-state index contributed by atoms with van der Waals surface area (Å²) in [6.07, 6.45) is 0. The molecule has 0 saturated carbocycles. The Morgan fingerprint density at radius 3 is 2.57 bits per heavy atom. The van der Waals surface area contributed by atoms with Gasteiger partial charge in [-0.05, 0) is 6.92 Å². The molecule has 3 nitrogen and oxygen atoms in total. The maximum Gasteiger partial charge on any atom is 0.288 e. The molecule has 0 aromatic heterocycles. The van der Waals surface area contributed by atoms with Crippen molar-refractivity contribution in [3.8, 4) is 0 Å². The predicted octanol–water partition coefficient (Wildman–Crippen LogP) is 0.885. The third-order valence-corrected chi connectivity index (χ3v) is 0.385. The molecule has 0 unspecified atom stereocenters.